The normalized spacial score (nSPS) is 17.2. The van der Waals surface area contributed by atoms with Crippen LogP contribution in [0.2, 0.25) is 10.0 Å². The zero-order valence-corrected chi connectivity index (χ0v) is 21.6. The highest BCUT2D eigenvalue weighted by Crippen LogP contribution is 2.30. The van der Waals surface area contributed by atoms with Gasteiger partial charge in [0.2, 0.25) is 0 Å². The Hall–Kier alpha value is -4.03. The first-order valence-corrected chi connectivity index (χ1v) is 12.3. The number of para-hydroxylation sites is 1. The van der Waals surface area contributed by atoms with Gasteiger partial charge >= 0.3 is 5.97 Å². The lowest BCUT2D eigenvalue weighted by molar-refractivity contribution is -0.144. The number of carbonyl (C=O) groups is 4. The van der Waals surface area contributed by atoms with Crippen LogP contribution in [-0.2, 0) is 30.3 Å². The number of pyridine rings is 1. The maximum Gasteiger partial charge on any atom is 0.326 e. The van der Waals surface area contributed by atoms with Crippen LogP contribution in [0.25, 0.3) is 0 Å². The SMILES string of the molecule is O=C(Nc1ccc(C[C@H](NC(=O)[C@@H]2OCO[C@H]2C(=O)Nc2c(Cl)cccc2Cl)C(=O)O)cc1)c1ccncc1. The molecule has 1 fully saturated rings. The van der Waals surface area contributed by atoms with Crippen LogP contribution < -0.4 is 16.0 Å². The Labute approximate surface area is 232 Å². The Balaban J connectivity index is 1.37. The van der Waals surface area contributed by atoms with E-state index < -0.39 is 36.0 Å². The van der Waals surface area contributed by atoms with Gasteiger partial charge in [-0.3, -0.25) is 19.4 Å². The fraction of sp³-hybridized carbons (Fsp3) is 0.192. The summed E-state index contributed by atoms with van der Waals surface area (Å²) >= 11 is 12.2. The smallest absolute Gasteiger partial charge is 0.326 e. The molecular weight excluding hydrogens is 551 g/mol. The highest BCUT2D eigenvalue weighted by molar-refractivity contribution is 6.39. The molecule has 0 radical (unpaired) electrons. The number of aromatic nitrogens is 1. The standard InChI is InChI=1S/C26H22Cl2N4O7/c27-17-2-1-3-18(28)20(17)32-25(35)22-21(38-13-39-22)24(34)31-19(26(36)37)12-14-4-6-16(7-5-14)30-23(33)15-8-10-29-11-9-15/h1-11,19,21-22H,12-13H2,(H,30,33)(H,31,34)(H,32,35)(H,36,37)/t19-,21+,22+/m0/s1. The number of benzene rings is 2. The minimum atomic E-state index is -1.40. The molecule has 202 valence electrons. The first-order valence-electron chi connectivity index (χ1n) is 11.5. The summed E-state index contributed by atoms with van der Waals surface area (Å²) in [6.07, 6.45) is 0.169. The first-order chi connectivity index (χ1) is 18.7. The molecule has 4 rings (SSSR count). The van der Waals surface area contributed by atoms with Crippen LogP contribution in [0.1, 0.15) is 15.9 Å². The molecule has 3 amide bonds. The van der Waals surface area contributed by atoms with E-state index in [1.54, 1.807) is 42.5 Å². The molecule has 0 spiro atoms. The third-order valence-electron chi connectivity index (χ3n) is 5.71. The Kier molecular flexibility index (Phi) is 9.10. The van der Waals surface area contributed by atoms with Crippen molar-refractivity contribution in [3.63, 3.8) is 0 Å². The van der Waals surface area contributed by atoms with Crippen molar-refractivity contribution in [2.24, 2.45) is 0 Å². The van der Waals surface area contributed by atoms with E-state index >= 15 is 0 Å². The summed E-state index contributed by atoms with van der Waals surface area (Å²) < 4.78 is 10.5. The van der Waals surface area contributed by atoms with Crippen molar-refractivity contribution in [1.29, 1.82) is 0 Å². The molecular formula is C26H22Cl2N4O7. The highest BCUT2D eigenvalue weighted by atomic mass is 35.5. The van der Waals surface area contributed by atoms with Crippen LogP contribution in [0.3, 0.4) is 0 Å². The molecule has 1 saturated heterocycles. The fourth-order valence-electron chi connectivity index (χ4n) is 3.72. The van der Waals surface area contributed by atoms with E-state index in [2.05, 4.69) is 20.9 Å². The number of ether oxygens (including phenoxy) is 2. The van der Waals surface area contributed by atoms with Crippen molar-refractivity contribution in [2.75, 3.05) is 17.4 Å². The number of carboxylic acid groups (broad SMARTS) is 1. The fourth-order valence-corrected chi connectivity index (χ4v) is 4.21. The van der Waals surface area contributed by atoms with E-state index in [9.17, 15) is 24.3 Å². The van der Waals surface area contributed by atoms with E-state index in [0.717, 1.165) is 0 Å². The highest BCUT2D eigenvalue weighted by Gasteiger charge is 2.42. The topological polar surface area (TPSA) is 156 Å². The van der Waals surface area contributed by atoms with E-state index in [1.165, 1.54) is 24.5 Å². The van der Waals surface area contributed by atoms with Crippen LogP contribution >= 0.6 is 23.2 Å². The number of nitrogens with zero attached hydrogens (tertiary/aromatic N) is 1. The van der Waals surface area contributed by atoms with Gasteiger partial charge < -0.3 is 30.5 Å². The summed E-state index contributed by atoms with van der Waals surface area (Å²) in [5.41, 5.74) is 1.66. The third kappa shape index (κ3) is 7.09. The minimum Gasteiger partial charge on any atom is -0.480 e. The van der Waals surface area contributed by atoms with Gasteiger partial charge in [-0.25, -0.2) is 4.79 Å². The summed E-state index contributed by atoms with van der Waals surface area (Å²) in [6, 6.07) is 13.0. The average Bonchev–Trinajstić information content (AvgIpc) is 3.42. The number of halogens is 2. The number of nitrogens with one attached hydrogen (secondary N) is 3. The van der Waals surface area contributed by atoms with Gasteiger partial charge in [0.05, 0.1) is 15.7 Å². The van der Waals surface area contributed by atoms with E-state index in [4.69, 9.17) is 32.7 Å². The molecule has 3 atom stereocenters. The quantitative estimate of drug-likeness (QED) is 0.304. The molecule has 3 aromatic rings. The van der Waals surface area contributed by atoms with Crippen molar-refractivity contribution in [3.05, 3.63) is 88.2 Å². The second-order valence-corrected chi connectivity index (χ2v) is 9.18. The predicted molar refractivity (Wildman–Crippen MR) is 142 cm³/mol. The molecule has 11 nitrogen and oxygen atoms in total. The van der Waals surface area contributed by atoms with E-state index in [-0.39, 0.29) is 34.9 Å². The molecule has 0 unspecified atom stereocenters. The maximum absolute atomic E-state index is 12.9. The molecule has 4 N–H and O–H groups in total. The number of carboxylic acids is 1. The van der Waals surface area contributed by atoms with E-state index in [0.29, 0.717) is 16.8 Å². The van der Waals surface area contributed by atoms with Crippen LogP contribution in [0.5, 0.6) is 0 Å². The van der Waals surface area contributed by atoms with Gasteiger partial charge in [0.25, 0.3) is 17.7 Å². The molecule has 1 aliphatic heterocycles. The summed E-state index contributed by atoms with van der Waals surface area (Å²) in [6.45, 7) is -0.350. The van der Waals surface area contributed by atoms with Crippen LogP contribution in [0, 0.1) is 0 Å². The molecule has 0 bridgehead atoms. The van der Waals surface area contributed by atoms with Gasteiger partial charge in [0, 0.05) is 30.1 Å². The maximum atomic E-state index is 12.9. The lowest BCUT2D eigenvalue weighted by Crippen LogP contribution is -2.51. The molecule has 0 saturated carbocycles. The number of carbonyl (C=O) groups excluding carboxylic acids is 3. The van der Waals surface area contributed by atoms with Gasteiger partial charge in [-0.1, -0.05) is 41.4 Å². The van der Waals surface area contributed by atoms with Crippen LogP contribution in [0.4, 0.5) is 11.4 Å². The molecule has 13 heteroatoms. The van der Waals surface area contributed by atoms with Gasteiger partial charge in [-0.15, -0.1) is 0 Å². The number of hydrogen-bond donors (Lipinski definition) is 4. The number of rotatable bonds is 9. The van der Waals surface area contributed by atoms with Gasteiger partial charge in [-0.2, -0.15) is 0 Å². The molecule has 2 heterocycles. The predicted octanol–water partition coefficient (Wildman–Crippen LogP) is 3.13. The van der Waals surface area contributed by atoms with Gasteiger partial charge in [-0.05, 0) is 42.0 Å². The zero-order chi connectivity index (χ0) is 27.9. The number of aliphatic carboxylic acids is 1. The van der Waals surface area contributed by atoms with E-state index in [1.807, 2.05) is 0 Å². The molecule has 1 aromatic heterocycles. The van der Waals surface area contributed by atoms with Gasteiger partial charge in [0.15, 0.2) is 12.2 Å². The lowest BCUT2D eigenvalue weighted by atomic mass is 10.0. The Bertz CT molecular complexity index is 1350. The summed E-state index contributed by atoms with van der Waals surface area (Å²) in [5.74, 6) is -3.19. The van der Waals surface area contributed by atoms with Crippen molar-refractivity contribution < 1.29 is 33.8 Å². The third-order valence-corrected chi connectivity index (χ3v) is 6.34. The number of hydrogen-bond acceptors (Lipinski definition) is 7. The first kappa shape index (κ1) is 28.0. The monoisotopic (exact) mass is 572 g/mol. The Morgan fingerprint density at radius 3 is 2.13 bits per heavy atom. The van der Waals surface area contributed by atoms with Crippen LogP contribution in [0.15, 0.2) is 67.0 Å². The Morgan fingerprint density at radius 1 is 0.897 bits per heavy atom. The zero-order valence-electron chi connectivity index (χ0n) is 20.1. The summed E-state index contributed by atoms with van der Waals surface area (Å²) in [4.78, 5) is 53.7. The molecule has 1 aliphatic rings. The number of amides is 3. The molecule has 39 heavy (non-hydrogen) atoms. The second-order valence-electron chi connectivity index (χ2n) is 8.37. The second kappa shape index (κ2) is 12.7. The van der Waals surface area contributed by atoms with Crippen molar-refractivity contribution in [3.8, 4) is 0 Å². The number of anilines is 2. The largest absolute Gasteiger partial charge is 0.480 e. The van der Waals surface area contributed by atoms with Crippen LogP contribution in [-0.4, -0.2) is 58.8 Å². The lowest BCUT2D eigenvalue weighted by Gasteiger charge is -2.20. The molecule has 2 aromatic carbocycles. The van der Waals surface area contributed by atoms with Crippen molar-refractivity contribution in [2.45, 2.75) is 24.7 Å². The van der Waals surface area contributed by atoms with Gasteiger partial charge in [0.1, 0.15) is 12.8 Å². The average molecular weight is 573 g/mol. The summed E-state index contributed by atoms with van der Waals surface area (Å²) in [7, 11) is 0. The van der Waals surface area contributed by atoms with Crippen molar-refractivity contribution >= 4 is 58.3 Å². The van der Waals surface area contributed by atoms with Crippen molar-refractivity contribution in [1.82, 2.24) is 10.3 Å². The summed E-state index contributed by atoms with van der Waals surface area (Å²) in [5, 5.41) is 17.7. The minimum absolute atomic E-state index is 0.0701. The Morgan fingerprint density at radius 2 is 1.51 bits per heavy atom. The molecule has 0 aliphatic carbocycles.